The van der Waals surface area contributed by atoms with Gasteiger partial charge >= 0.3 is 5.97 Å². The van der Waals surface area contributed by atoms with Gasteiger partial charge in [0.15, 0.2) is 0 Å². The van der Waals surface area contributed by atoms with E-state index in [-0.39, 0.29) is 6.10 Å². The van der Waals surface area contributed by atoms with Gasteiger partial charge in [-0.1, -0.05) is 12.6 Å². The Morgan fingerprint density at radius 3 is 2.90 bits per heavy atom. The first-order chi connectivity index (χ1) is 9.55. The summed E-state index contributed by atoms with van der Waals surface area (Å²) in [6, 6.07) is 5.09. The number of carbonyl (C=O) groups is 2. The molecule has 0 bridgehead atoms. The van der Waals surface area contributed by atoms with E-state index in [4.69, 9.17) is 9.47 Å². The average Bonchev–Trinajstić information content (AvgIpc) is 2.64. The zero-order chi connectivity index (χ0) is 14.7. The van der Waals surface area contributed by atoms with Gasteiger partial charge in [0.05, 0.1) is 19.2 Å². The van der Waals surface area contributed by atoms with E-state index in [9.17, 15) is 9.59 Å². The average molecular weight is 275 g/mol. The van der Waals surface area contributed by atoms with Crippen molar-refractivity contribution in [1.82, 2.24) is 4.90 Å². The lowest BCUT2D eigenvalue weighted by atomic mass is 10.1. The number of benzene rings is 1. The fourth-order valence-corrected chi connectivity index (χ4v) is 2.06. The molecule has 2 rings (SSSR count). The van der Waals surface area contributed by atoms with Crippen molar-refractivity contribution in [1.29, 1.82) is 0 Å². The highest BCUT2D eigenvalue weighted by Gasteiger charge is 2.23. The van der Waals surface area contributed by atoms with Gasteiger partial charge in [-0.3, -0.25) is 4.79 Å². The molecule has 0 spiro atoms. The summed E-state index contributed by atoms with van der Waals surface area (Å²) in [5.74, 6) is 0.171. The van der Waals surface area contributed by atoms with E-state index in [2.05, 4.69) is 6.58 Å². The van der Waals surface area contributed by atoms with Gasteiger partial charge in [0.2, 0.25) is 6.41 Å². The van der Waals surface area contributed by atoms with E-state index in [0.29, 0.717) is 24.4 Å². The van der Waals surface area contributed by atoms with Crippen molar-refractivity contribution in [2.24, 2.45) is 0 Å². The summed E-state index contributed by atoms with van der Waals surface area (Å²) in [5.41, 5.74) is 2.10. The molecule has 1 aliphatic rings. The number of nitrogens with zero attached hydrogens (tertiary/aromatic N) is 1. The van der Waals surface area contributed by atoms with Crippen LogP contribution in [0.15, 0.2) is 30.4 Å². The molecular formula is C15H17NO4. The van der Waals surface area contributed by atoms with Crippen molar-refractivity contribution in [3.05, 3.63) is 41.5 Å². The molecule has 1 heterocycles. The first-order valence-electron chi connectivity index (χ1n) is 6.27. The number of hydrogen-bond acceptors (Lipinski definition) is 4. The molecule has 5 nitrogen and oxygen atoms in total. The number of rotatable bonds is 3. The first kappa shape index (κ1) is 14.1. The van der Waals surface area contributed by atoms with Gasteiger partial charge in [-0.25, -0.2) is 4.79 Å². The quantitative estimate of drug-likeness (QED) is 0.479. The fourth-order valence-electron chi connectivity index (χ4n) is 2.06. The highest BCUT2D eigenvalue weighted by atomic mass is 16.5. The van der Waals surface area contributed by atoms with Gasteiger partial charge in [0.1, 0.15) is 11.9 Å². The summed E-state index contributed by atoms with van der Waals surface area (Å²) >= 11 is 0. The SMILES string of the molecule is C=C(C)[C@@H]1CN(C=O)Cc2ccc(C(=O)OC)cc2O1. The Morgan fingerprint density at radius 2 is 2.30 bits per heavy atom. The lowest BCUT2D eigenvalue weighted by Crippen LogP contribution is -2.32. The van der Waals surface area contributed by atoms with Crippen LogP contribution < -0.4 is 4.74 Å². The largest absolute Gasteiger partial charge is 0.484 e. The zero-order valence-corrected chi connectivity index (χ0v) is 11.6. The monoisotopic (exact) mass is 275 g/mol. The lowest BCUT2D eigenvalue weighted by Gasteiger charge is -2.20. The Balaban J connectivity index is 2.39. The van der Waals surface area contributed by atoms with E-state index in [1.165, 1.54) is 7.11 Å². The van der Waals surface area contributed by atoms with Crippen LogP contribution >= 0.6 is 0 Å². The number of esters is 1. The third-order valence-corrected chi connectivity index (χ3v) is 3.23. The van der Waals surface area contributed by atoms with Crippen LogP contribution in [0.25, 0.3) is 0 Å². The van der Waals surface area contributed by atoms with Crippen LogP contribution in [0.5, 0.6) is 5.75 Å². The molecule has 1 aromatic carbocycles. The van der Waals surface area contributed by atoms with Gasteiger partial charge in [-0.15, -0.1) is 0 Å². The number of carbonyl (C=O) groups excluding carboxylic acids is 2. The van der Waals surface area contributed by atoms with E-state index in [0.717, 1.165) is 17.5 Å². The van der Waals surface area contributed by atoms with Gasteiger partial charge < -0.3 is 14.4 Å². The van der Waals surface area contributed by atoms with Crippen molar-refractivity contribution in [2.75, 3.05) is 13.7 Å². The summed E-state index contributed by atoms with van der Waals surface area (Å²) in [6.07, 6.45) is 0.511. The van der Waals surface area contributed by atoms with Gasteiger partial charge in [0.25, 0.3) is 0 Å². The molecular weight excluding hydrogens is 258 g/mol. The highest BCUT2D eigenvalue weighted by Crippen LogP contribution is 2.28. The minimum absolute atomic E-state index is 0.283. The standard InChI is InChI=1S/C15H17NO4/c1-10(2)14-8-16(9-17)7-12-5-4-11(15(18)19-3)6-13(12)20-14/h4-6,9,14H,1,7-8H2,2-3H3/t14-/m0/s1. The molecule has 1 atom stereocenters. The second kappa shape index (κ2) is 5.77. The Morgan fingerprint density at radius 1 is 1.55 bits per heavy atom. The molecule has 1 aliphatic heterocycles. The molecule has 1 amide bonds. The van der Waals surface area contributed by atoms with Crippen LogP contribution in [-0.2, 0) is 16.1 Å². The van der Waals surface area contributed by atoms with Crippen LogP contribution in [0.4, 0.5) is 0 Å². The van der Waals surface area contributed by atoms with Gasteiger partial charge in [0, 0.05) is 12.1 Å². The summed E-state index contributed by atoms with van der Waals surface area (Å²) < 4.78 is 10.6. The summed E-state index contributed by atoms with van der Waals surface area (Å²) in [4.78, 5) is 24.3. The van der Waals surface area contributed by atoms with E-state index < -0.39 is 5.97 Å². The summed E-state index contributed by atoms with van der Waals surface area (Å²) in [7, 11) is 1.33. The van der Waals surface area contributed by atoms with E-state index in [1.54, 1.807) is 23.1 Å². The predicted molar refractivity (Wildman–Crippen MR) is 73.5 cm³/mol. The topological polar surface area (TPSA) is 55.8 Å². The van der Waals surface area contributed by atoms with Gasteiger partial charge in [-0.2, -0.15) is 0 Å². The Kier molecular flexibility index (Phi) is 4.08. The zero-order valence-electron chi connectivity index (χ0n) is 11.6. The van der Waals surface area contributed by atoms with Crippen LogP contribution in [0.2, 0.25) is 0 Å². The molecule has 0 aromatic heterocycles. The van der Waals surface area contributed by atoms with Crippen LogP contribution in [-0.4, -0.2) is 37.0 Å². The first-order valence-corrected chi connectivity index (χ1v) is 6.27. The molecule has 0 saturated heterocycles. The number of fused-ring (bicyclic) bond motifs is 1. The minimum atomic E-state index is -0.417. The maximum atomic E-state index is 11.6. The van der Waals surface area contributed by atoms with Crippen molar-refractivity contribution in [3.8, 4) is 5.75 Å². The molecule has 20 heavy (non-hydrogen) atoms. The van der Waals surface area contributed by atoms with E-state index >= 15 is 0 Å². The van der Waals surface area contributed by atoms with Crippen molar-refractivity contribution in [3.63, 3.8) is 0 Å². The molecule has 1 aromatic rings. The molecule has 0 saturated carbocycles. The highest BCUT2D eigenvalue weighted by molar-refractivity contribution is 5.89. The summed E-state index contributed by atoms with van der Waals surface area (Å²) in [5, 5.41) is 0. The molecule has 5 heteroatoms. The molecule has 0 fully saturated rings. The third kappa shape index (κ3) is 2.82. The van der Waals surface area contributed by atoms with Crippen LogP contribution in [0, 0.1) is 0 Å². The second-order valence-corrected chi connectivity index (χ2v) is 4.80. The van der Waals surface area contributed by atoms with Crippen LogP contribution in [0.3, 0.4) is 0 Å². The Labute approximate surface area is 117 Å². The van der Waals surface area contributed by atoms with Gasteiger partial charge in [-0.05, 0) is 24.6 Å². The number of amides is 1. The number of ether oxygens (including phenoxy) is 2. The molecule has 106 valence electrons. The molecule has 0 radical (unpaired) electrons. The predicted octanol–water partition coefficient (Wildman–Crippen LogP) is 1.77. The third-order valence-electron chi connectivity index (χ3n) is 3.23. The Bertz CT molecular complexity index is 553. The van der Waals surface area contributed by atoms with Crippen molar-refractivity contribution < 1.29 is 19.1 Å². The summed E-state index contributed by atoms with van der Waals surface area (Å²) in [6.45, 7) is 6.62. The smallest absolute Gasteiger partial charge is 0.337 e. The number of hydrogen-bond donors (Lipinski definition) is 0. The maximum absolute atomic E-state index is 11.6. The van der Waals surface area contributed by atoms with Crippen molar-refractivity contribution >= 4 is 12.4 Å². The normalized spacial score (nSPS) is 17.5. The van der Waals surface area contributed by atoms with Crippen LogP contribution in [0.1, 0.15) is 22.8 Å². The Hall–Kier alpha value is -2.30. The molecule has 0 unspecified atom stereocenters. The molecule has 0 aliphatic carbocycles. The minimum Gasteiger partial charge on any atom is -0.484 e. The lowest BCUT2D eigenvalue weighted by molar-refractivity contribution is -0.119. The van der Waals surface area contributed by atoms with Crippen molar-refractivity contribution in [2.45, 2.75) is 19.6 Å². The maximum Gasteiger partial charge on any atom is 0.337 e. The molecule has 0 N–H and O–H groups in total. The fraction of sp³-hybridized carbons (Fsp3) is 0.333. The number of methoxy groups -OCH3 is 1. The second-order valence-electron chi connectivity index (χ2n) is 4.80. The van der Waals surface area contributed by atoms with E-state index in [1.807, 2.05) is 6.92 Å².